The first-order valence-electron chi connectivity index (χ1n) is 10.4. The van der Waals surface area contributed by atoms with Crippen LogP contribution in [0.15, 0.2) is 51.9 Å². The number of aromatic nitrogens is 1. The highest BCUT2D eigenvalue weighted by atomic mass is 32.1. The number of fused-ring (bicyclic) bond motifs is 1. The lowest BCUT2D eigenvalue weighted by atomic mass is 10.1. The Labute approximate surface area is 194 Å². The maximum atomic E-state index is 11.7. The summed E-state index contributed by atoms with van der Waals surface area (Å²) in [5.41, 5.74) is 4.11. The van der Waals surface area contributed by atoms with Crippen molar-refractivity contribution >= 4 is 34.3 Å². The van der Waals surface area contributed by atoms with E-state index in [1.807, 2.05) is 50.4 Å². The van der Waals surface area contributed by atoms with Gasteiger partial charge in [0.05, 0.1) is 22.0 Å². The molecule has 1 aliphatic heterocycles. The van der Waals surface area contributed by atoms with Crippen LogP contribution in [0, 0.1) is 17.0 Å². The van der Waals surface area contributed by atoms with Crippen molar-refractivity contribution in [3.8, 4) is 17.0 Å². The number of carbonyl (C=O) groups excluding carboxylic acids is 1. The minimum absolute atomic E-state index is 0.00557. The van der Waals surface area contributed by atoms with Crippen LogP contribution < -0.4 is 14.9 Å². The van der Waals surface area contributed by atoms with Crippen molar-refractivity contribution in [2.45, 2.75) is 33.7 Å². The Morgan fingerprint density at radius 1 is 1.27 bits per heavy atom. The zero-order valence-electron chi connectivity index (χ0n) is 18.7. The first-order valence-corrected chi connectivity index (χ1v) is 11.2. The van der Waals surface area contributed by atoms with Gasteiger partial charge in [-0.25, -0.2) is 4.68 Å². The van der Waals surface area contributed by atoms with E-state index in [4.69, 9.17) is 9.84 Å². The summed E-state index contributed by atoms with van der Waals surface area (Å²) in [7, 11) is 0. The quantitative estimate of drug-likeness (QED) is 0.343. The topological polar surface area (TPSA) is 111 Å². The second-order valence-electron chi connectivity index (χ2n) is 7.93. The highest BCUT2D eigenvalue weighted by molar-refractivity contribution is 7.07. The third kappa shape index (κ3) is 4.70. The molecule has 0 radical (unpaired) electrons. The van der Waals surface area contributed by atoms with Crippen LogP contribution in [0.4, 0.5) is 11.4 Å². The molecule has 0 atom stereocenters. The van der Waals surface area contributed by atoms with Gasteiger partial charge in [0.1, 0.15) is 5.75 Å². The summed E-state index contributed by atoms with van der Waals surface area (Å²) in [6.45, 7) is 7.47. The van der Waals surface area contributed by atoms with Crippen molar-refractivity contribution in [3.63, 3.8) is 0 Å². The highest BCUT2D eigenvalue weighted by Gasteiger charge is 2.18. The predicted octanol–water partition coefficient (Wildman–Crippen LogP) is 4.35. The second-order valence-corrected chi connectivity index (χ2v) is 8.77. The Morgan fingerprint density at radius 3 is 2.79 bits per heavy atom. The number of nitrogens with zero attached hydrogens (tertiary/aromatic N) is 4. The van der Waals surface area contributed by atoms with Gasteiger partial charge in [0.2, 0.25) is 4.80 Å². The second kappa shape index (κ2) is 8.99. The molecule has 10 heteroatoms. The number of benzene rings is 2. The van der Waals surface area contributed by atoms with Gasteiger partial charge in [-0.1, -0.05) is 12.1 Å². The SMILES string of the molecule is CC(=Nn1c(-c2ccc3c(c2)NC(=O)CO3)csc1=NC(C)C)c1ccc(C)c([N+](=O)[O-])c1. The van der Waals surface area contributed by atoms with E-state index in [0.717, 1.165) is 11.3 Å². The fourth-order valence-electron chi connectivity index (χ4n) is 3.39. The van der Waals surface area contributed by atoms with E-state index < -0.39 is 4.92 Å². The molecule has 1 aromatic heterocycles. The summed E-state index contributed by atoms with van der Waals surface area (Å²) in [6.07, 6.45) is 0. The standard InChI is InChI=1S/C23H23N5O4S/c1-13(2)24-23-27(26-15(4)16-6-5-14(3)19(10-16)28(30)31)20(12-33-23)17-7-8-21-18(9-17)25-22(29)11-32-21/h5-10,12-13H,11H2,1-4H3,(H,25,29). The predicted molar refractivity (Wildman–Crippen MR) is 128 cm³/mol. The Kier molecular flexibility index (Phi) is 6.10. The number of amides is 1. The maximum absolute atomic E-state index is 11.7. The van der Waals surface area contributed by atoms with E-state index in [0.29, 0.717) is 33.1 Å². The van der Waals surface area contributed by atoms with Gasteiger partial charge in [-0.2, -0.15) is 5.10 Å². The fourth-order valence-corrected chi connectivity index (χ4v) is 4.35. The third-order valence-corrected chi connectivity index (χ3v) is 5.87. The van der Waals surface area contributed by atoms with Gasteiger partial charge in [0, 0.05) is 34.2 Å². The zero-order valence-corrected chi connectivity index (χ0v) is 19.5. The molecule has 2 aromatic carbocycles. The van der Waals surface area contributed by atoms with E-state index in [9.17, 15) is 14.9 Å². The zero-order chi connectivity index (χ0) is 23.7. The van der Waals surface area contributed by atoms with E-state index in [-0.39, 0.29) is 24.2 Å². The number of hydrogen-bond acceptors (Lipinski definition) is 7. The van der Waals surface area contributed by atoms with Crippen molar-refractivity contribution in [2.75, 3.05) is 11.9 Å². The Bertz CT molecular complexity index is 1350. The van der Waals surface area contributed by atoms with Crippen molar-refractivity contribution in [3.05, 3.63) is 67.8 Å². The Morgan fingerprint density at radius 2 is 2.06 bits per heavy atom. The van der Waals surface area contributed by atoms with Gasteiger partial charge >= 0.3 is 0 Å². The van der Waals surface area contributed by atoms with Crippen LogP contribution in [0.3, 0.4) is 0 Å². The van der Waals surface area contributed by atoms with Crippen molar-refractivity contribution in [1.82, 2.24) is 4.68 Å². The fraction of sp³-hybridized carbons (Fsp3) is 0.261. The molecule has 0 saturated carbocycles. The summed E-state index contributed by atoms with van der Waals surface area (Å²) in [6, 6.07) is 10.7. The van der Waals surface area contributed by atoms with Crippen LogP contribution in [0.5, 0.6) is 5.75 Å². The number of nitro benzene ring substituents is 1. The summed E-state index contributed by atoms with van der Waals surface area (Å²) < 4.78 is 7.19. The van der Waals surface area contributed by atoms with Crippen molar-refractivity contribution in [2.24, 2.45) is 10.1 Å². The minimum atomic E-state index is -0.391. The summed E-state index contributed by atoms with van der Waals surface area (Å²) in [5, 5.41) is 20.9. The monoisotopic (exact) mass is 465 g/mol. The number of nitrogens with one attached hydrogen (secondary N) is 1. The molecule has 9 nitrogen and oxygen atoms in total. The molecular weight excluding hydrogens is 442 g/mol. The molecule has 1 N–H and O–H groups in total. The lowest BCUT2D eigenvalue weighted by Gasteiger charge is -2.18. The first-order chi connectivity index (χ1) is 15.7. The van der Waals surface area contributed by atoms with Gasteiger partial charge in [-0.15, -0.1) is 11.3 Å². The van der Waals surface area contributed by atoms with Gasteiger partial charge in [0.15, 0.2) is 6.61 Å². The minimum Gasteiger partial charge on any atom is -0.482 e. The van der Waals surface area contributed by atoms with Crippen LogP contribution in [-0.4, -0.2) is 33.9 Å². The average Bonchev–Trinajstić information content (AvgIpc) is 3.14. The molecular formula is C23H23N5O4S. The molecule has 2 heterocycles. The number of thiazole rings is 1. The molecule has 0 saturated heterocycles. The first kappa shape index (κ1) is 22.4. The Hall–Kier alpha value is -3.79. The van der Waals surface area contributed by atoms with E-state index in [2.05, 4.69) is 10.3 Å². The number of carbonyl (C=O) groups is 1. The van der Waals surface area contributed by atoms with E-state index >= 15 is 0 Å². The summed E-state index contributed by atoms with van der Waals surface area (Å²) >= 11 is 1.45. The lowest BCUT2D eigenvalue weighted by molar-refractivity contribution is -0.385. The molecule has 1 amide bonds. The summed E-state index contributed by atoms with van der Waals surface area (Å²) in [5.74, 6) is 0.405. The molecule has 0 fully saturated rings. The number of nitro groups is 1. The van der Waals surface area contributed by atoms with Crippen LogP contribution in [0.25, 0.3) is 11.3 Å². The van der Waals surface area contributed by atoms with Gasteiger partial charge < -0.3 is 10.1 Å². The normalized spacial score (nSPS) is 14.2. The summed E-state index contributed by atoms with van der Waals surface area (Å²) in [4.78, 5) is 28.1. The smallest absolute Gasteiger partial charge is 0.272 e. The molecule has 170 valence electrons. The number of anilines is 1. The van der Waals surface area contributed by atoms with Crippen LogP contribution in [-0.2, 0) is 4.79 Å². The molecule has 0 spiro atoms. The Balaban J connectivity index is 1.84. The van der Waals surface area contributed by atoms with E-state index in [1.165, 1.54) is 17.4 Å². The average molecular weight is 466 g/mol. The van der Waals surface area contributed by atoms with Gasteiger partial charge in [0.25, 0.3) is 11.6 Å². The molecule has 0 bridgehead atoms. The molecule has 0 aliphatic carbocycles. The van der Waals surface area contributed by atoms with Crippen LogP contribution in [0.2, 0.25) is 0 Å². The van der Waals surface area contributed by atoms with Crippen molar-refractivity contribution < 1.29 is 14.5 Å². The van der Waals surface area contributed by atoms with Crippen molar-refractivity contribution in [1.29, 1.82) is 0 Å². The molecule has 33 heavy (non-hydrogen) atoms. The largest absolute Gasteiger partial charge is 0.482 e. The van der Waals surface area contributed by atoms with Crippen LogP contribution in [0.1, 0.15) is 31.9 Å². The van der Waals surface area contributed by atoms with Gasteiger partial charge in [-0.3, -0.25) is 19.9 Å². The molecule has 1 aliphatic rings. The number of hydrogen-bond donors (Lipinski definition) is 1. The number of aryl methyl sites for hydroxylation is 1. The lowest BCUT2D eigenvalue weighted by Crippen LogP contribution is -2.25. The molecule has 0 unspecified atom stereocenters. The number of rotatable bonds is 5. The van der Waals surface area contributed by atoms with E-state index in [1.54, 1.807) is 17.7 Å². The molecule has 3 aromatic rings. The van der Waals surface area contributed by atoms with Crippen LogP contribution >= 0.6 is 11.3 Å². The van der Waals surface area contributed by atoms with Gasteiger partial charge in [-0.05, 0) is 45.9 Å². The third-order valence-electron chi connectivity index (χ3n) is 5.04. The number of ether oxygens (including phenoxy) is 1. The maximum Gasteiger partial charge on any atom is 0.272 e. The highest BCUT2D eigenvalue weighted by Crippen LogP contribution is 2.33. The molecule has 4 rings (SSSR count).